The third kappa shape index (κ3) is 8.20. The minimum Gasteiger partial charge on any atom is -0.352 e. The predicted octanol–water partition coefficient (Wildman–Crippen LogP) is 6.66. The van der Waals surface area contributed by atoms with E-state index in [1.807, 2.05) is 44.2 Å². The highest BCUT2D eigenvalue weighted by Gasteiger charge is 2.35. The molecule has 2 amide bonds. The third-order valence-corrected chi connectivity index (χ3v) is 9.43. The van der Waals surface area contributed by atoms with Gasteiger partial charge in [0.25, 0.3) is 10.0 Å². The molecule has 230 valence electrons. The molecule has 4 rings (SSSR count). The Kier molecular flexibility index (Phi) is 11.1. The molecule has 0 bridgehead atoms. The molecule has 4 aromatic rings. The van der Waals surface area contributed by atoms with E-state index in [-0.39, 0.29) is 35.5 Å². The van der Waals surface area contributed by atoms with Crippen molar-refractivity contribution in [3.8, 4) is 0 Å². The number of carbonyl (C=O) groups excluding carboxylic acids is 2. The smallest absolute Gasteiger partial charge is 0.264 e. The van der Waals surface area contributed by atoms with Crippen LogP contribution in [0.1, 0.15) is 30.5 Å². The molecule has 1 N–H and O–H groups in total. The van der Waals surface area contributed by atoms with Crippen LogP contribution in [0.4, 0.5) is 5.69 Å². The van der Waals surface area contributed by atoms with Gasteiger partial charge in [-0.05, 0) is 67.8 Å². The van der Waals surface area contributed by atoms with Crippen LogP contribution < -0.4 is 9.62 Å². The second-order valence-corrected chi connectivity index (χ2v) is 13.4. The lowest BCUT2D eigenvalue weighted by atomic mass is 10.0. The summed E-state index contributed by atoms with van der Waals surface area (Å²) in [5.41, 5.74) is 2.33. The molecular weight excluding hydrogens is 617 g/mol. The zero-order chi connectivity index (χ0) is 31.9. The molecule has 0 radical (unpaired) electrons. The first-order valence-electron chi connectivity index (χ1n) is 14.2. The van der Waals surface area contributed by atoms with Gasteiger partial charge in [0, 0.05) is 29.1 Å². The van der Waals surface area contributed by atoms with Crippen LogP contribution in [0.3, 0.4) is 0 Å². The van der Waals surface area contributed by atoms with Gasteiger partial charge in [-0.2, -0.15) is 0 Å². The third-order valence-electron chi connectivity index (χ3n) is 7.05. The molecule has 0 aromatic heterocycles. The molecular formula is C34H35Cl2N3O4S. The molecule has 0 spiro atoms. The topological polar surface area (TPSA) is 86.8 Å². The van der Waals surface area contributed by atoms with Gasteiger partial charge in [0.1, 0.15) is 12.6 Å². The number of amides is 2. The summed E-state index contributed by atoms with van der Waals surface area (Å²) in [6, 6.07) is 28.1. The summed E-state index contributed by atoms with van der Waals surface area (Å²) >= 11 is 12.9. The highest BCUT2D eigenvalue weighted by Crippen LogP contribution is 2.30. The first-order chi connectivity index (χ1) is 21.0. The Morgan fingerprint density at radius 3 is 2.09 bits per heavy atom. The molecule has 0 aliphatic rings. The fourth-order valence-electron chi connectivity index (χ4n) is 4.83. The maximum atomic E-state index is 14.5. The van der Waals surface area contributed by atoms with Crippen molar-refractivity contribution < 1.29 is 18.0 Å². The fourth-order valence-corrected chi connectivity index (χ4v) is 6.68. The number of sulfonamides is 1. The Morgan fingerprint density at radius 1 is 0.841 bits per heavy atom. The average molecular weight is 653 g/mol. The van der Waals surface area contributed by atoms with Crippen molar-refractivity contribution >= 4 is 50.7 Å². The van der Waals surface area contributed by atoms with Gasteiger partial charge in [0.15, 0.2) is 0 Å². The molecule has 0 aliphatic carbocycles. The van der Waals surface area contributed by atoms with E-state index in [2.05, 4.69) is 5.32 Å². The summed E-state index contributed by atoms with van der Waals surface area (Å²) in [6.45, 7) is 4.83. The fraction of sp³-hybridized carbons (Fsp3) is 0.235. The Bertz CT molecular complexity index is 1700. The van der Waals surface area contributed by atoms with Crippen LogP contribution in [0.2, 0.25) is 10.0 Å². The monoisotopic (exact) mass is 651 g/mol. The second-order valence-electron chi connectivity index (χ2n) is 10.7. The normalized spacial score (nSPS) is 12.0. The van der Waals surface area contributed by atoms with Crippen molar-refractivity contribution in [3.63, 3.8) is 0 Å². The van der Waals surface area contributed by atoms with Gasteiger partial charge in [-0.15, -0.1) is 0 Å². The number of nitrogens with zero attached hydrogens (tertiary/aromatic N) is 2. The lowest BCUT2D eigenvalue weighted by Crippen LogP contribution is -2.54. The van der Waals surface area contributed by atoms with Crippen LogP contribution in [0, 0.1) is 6.92 Å². The lowest BCUT2D eigenvalue weighted by Gasteiger charge is -2.34. The Balaban J connectivity index is 1.84. The standard InChI is InChI=1S/C34H35Cl2N3O4S/c1-24(2)37-34(41)32(20-26-12-6-4-7-13-26)38(22-27-14-10-11-17-30(27)36)33(40)23-39(31-21-28(35)19-18-25(31)3)44(42,43)29-15-8-5-9-16-29/h4-19,21,24,32H,20,22-23H2,1-3H3,(H,37,41)/t32-/m0/s1. The first-order valence-corrected chi connectivity index (χ1v) is 16.4. The number of halogens is 2. The average Bonchev–Trinajstić information content (AvgIpc) is 3.00. The van der Waals surface area contributed by atoms with Crippen molar-refractivity contribution in [1.29, 1.82) is 0 Å². The number of carbonyl (C=O) groups is 2. The summed E-state index contributed by atoms with van der Waals surface area (Å²) in [6.07, 6.45) is 0.206. The number of anilines is 1. The number of nitrogens with one attached hydrogen (secondary N) is 1. The quantitative estimate of drug-likeness (QED) is 0.186. The van der Waals surface area contributed by atoms with Gasteiger partial charge in [-0.1, -0.05) is 96.0 Å². The van der Waals surface area contributed by atoms with Gasteiger partial charge in [-0.25, -0.2) is 8.42 Å². The molecule has 0 fully saturated rings. The van der Waals surface area contributed by atoms with E-state index in [0.29, 0.717) is 21.2 Å². The number of benzene rings is 4. The minimum absolute atomic E-state index is 0.0169. The molecule has 1 atom stereocenters. The predicted molar refractivity (Wildman–Crippen MR) is 176 cm³/mol. The van der Waals surface area contributed by atoms with Gasteiger partial charge in [-0.3, -0.25) is 13.9 Å². The minimum atomic E-state index is -4.23. The Morgan fingerprint density at radius 2 is 1.45 bits per heavy atom. The van der Waals surface area contributed by atoms with Crippen LogP contribution in [-0.2, 0) is 32.6 Å². The van der Waals surface area contributed by atoms with E-state index in [9.17, 15) is 18.0 Å². The maximum absolute atomic E-state index is 14.5. The van der Waals surface area contributed by atoms with E-state index in [0.717, 1.165) is 9.87 Å². The highest BCUT2D eigenvalue weighted by atomic mass is 35.5. The lowest BCUT2D eigenvalue weighted by molar-refractivity contribution is -0.140. The molecule has 44 heavy (non-hydrogen) atoms. The van der Waals surface area contributed by atoms with Gasteiger partial charge in [0.2, 0.25) is 11.8 Å². The van der Waals surface area contributed by atoms with E-state index in [1.54, 1.807) is 61.5 Å². The van der Waals surface area contributed by atoms with Crippen LogP contribution in [-0.4, -0.2) is 43.8 Å². The number of rotatable bonds is 12. The number of hydrogen-bond acceptors (Lipinski definition) is 4. The van der Waals surface area contributed by atoms with Crippen molar-refractivity contribution in [2.24, 2.45) is 0 Å². The Labute approximate surface area is 269 Å². The van der Waals surface area contributed by atoms with Gasteiger partial charge < -0.3 is 10.2 Å². The largest absolute Gasteiger partial charge is 0.352 e. The molecule has 0 aliphatic heterocycles. The molecule has 0 saturated carbocycles. The molecule has 7 nitrogen and oxygen atoms in total. The van der Waals surface area contributed by atoms with Crippen molar-refractivity contribution in [2.75, 3.05) is 10.8 Å². The molecule has 0 saturated heterocycles. The summed E-state index contributed by atoms with van der Waals surface area (Å²) in [5.74, 6) is -0.940. The molecule has 4 aromatic carbocycles. The summed E-state index contributed by atoms with van der Waals surface area (Å²) < 4.78 is 29.3. The molecule has 0 heterocycles. The zero-order valence-corrected chi connectivity index (χ0v) is 27.1. The van der Waals surface area contributed by atoms with Crippen molar-refractivity contribution in [2.45, 2.75) is 50.7 Å². The highest BCUT2D eigenvalue weighted by molar-refractivity contribution is 7.92. The van der Waals surface area contributed by atoms with Crippen LogP contribution in [0.15, 0.2) is 108 Å². The van der Waals surface area contributed by atoms with Crippen LogP contribution in [0.5, 0.6) is 0 Å². The number of aryl methyl sites for hydroxylation is 1. The summed E-state index contributed by atoms with van der Waals surface area (Å²) in [7, 11) is -4.23. The summed E-state index contributed by atoms with van der Waals surface area (Å²) in [5, 5.41) is 3.68. The Hall–Kier alpha value is -3.85. The SMILES string of the molecule is Cc1ccc(Cl)cc1N(CC(=O)N(Cc1ccccc1Cl)[C@@H](Cc1ccccc1)C(=O)NC(C)C)S(=O)(=O)c1ccccc1. The van der Waals surface area contributed by atoms with E-state index < -0.39 is 28.5 Å². The van der Waals surface area contributed by atoms with Crippen molar-refractivity contribution in [3.05, 3.63) is 130 Å². The van der Waals surface area contributed by atoms with Gasteiger partial charge >= 0.3 is 0 Å². The van der Waals surface area contributed by atoms with E-state index in [1.165, 1.54) is 23.1 Å². The number of hydrogen-bond donors (Lipinski definition) is 1. The van der Waals surface area contributed by atoms with E-state index in [4.69, 9.17) is 23.2 Å². The van der Waals surface area contributed by atoms with E-state index >= 15 is 0 Å². The maximum Gasteiger partial charge on any atom is 0.264 e. The summed E-state index contributed by atoms with van der Waals surface area (Å²) in [4.78, 5) is 29.7. The molecule has 0 unspecified atom stereocenters. The van der Waals surface area contributed by atoms with Crippen LogP contribution >= 0.6 is 23.2 Å². The van der Waals surface area contributed by atoms with Crippen molar-refractivity contribution in [1.82, 2.24) is 10.2 Å². The van der Waals surface area contributed by atoms with Gasteiger partial charge in [0.05, 0.1) is 10.6 Å². The zero-order valence-electron chi connectivity index (χ0n) is 24.8. The second kappa shape index (κ2) is 14.8. The first kappa shape index (κ1) is 33.1. The van der Waals surface area contributed by atoms with Crippen LogP contribution in [0.25, 0.3) is 0 Å². The molecule has 10 heteroatoms.